The van der Waals surface area contributed by atoms with Crippen LogP contribution in [-0.2, 0) is 4.74 Å². The zero-order valence-corrected chi connectivity index (χ0v) is 8.04. The Morgan fingerprint density at radius 3 is 2.42 bits per heavy atom. The van der Waals surface area contributed by atoms with Crippen molar-refractivity contribution in [3.05, 3.63) is 12.2 Å². The number of ether oxygens (including phenoxy) is 1. The second kappa shape index (κ2) is 6.70. The quantitative estimate of drug-likeness (QED) is 0.606. The summed E-state index contributed by atoms with van der Waals surface area (Å²) in [6, 6.07) is 0. The average Bonchev–Trinajstić information content (AvgIpc) is 2.07. The Morgan fingerprint density at radius 1 is 1.42 bits per heavy atom. The summed E-state index contributed by atoms with van der Waals surface area (Å²) in [6.45, 7) is 7.52. The SMILES string of the molecule is CC=CCOC(=O)N(CC)CC. The fraction of sp³-hybridized carbons (Fsp3) is 0.667. The highest BCUT2D eigenvalue weighted by Crippen LogP contribution is 1.92. The summed E-state index contributed by atoms with van der Waals surface area (Å²) < 4.78 is 4.93. The van der Waals surface area contributed by atoms with Crippen LogP contribution >= 0.6 is 0 Å². The molecule has 0 N–H and O–H groups in total. The van der Waals surface area contributed by atoms with Gasteiger partial charge in [0.2, 0.25) is 0 Å². The van der Waals surface area contributed by atoms with E-state index in [1.54, 1.807) is 11.0 Å². The fourth-order valence-corrected chi connectivity index (χ4v) is 0.789. The maximum Gasteiger partial charge on any atom is 0.410 e. The molecule has 0 aliphatic rings. The molecule has 0 aromatic carbocycles. The summed E-state index contributed by atoms with van der Waals surface area (Å²) >= 11 is 0. The maximum absolute atomic E-state index is 11.1. The number of allylic oxidation sites excluding steroid dienone is 1. The van der Waals surface area contributed by atoms with Crippen LogP contribution in [0.25, 0.3) is 0 Å². The molecule has 0 bridgehead atoms. The van der Waals surface area contributed by atoms with Gasteiger partial charge in [0.05, 0.1) is 0 Å². The van der Waals surface area contributed by atoms with Crippen molar-refractivity contribution >= 4 is 6.09 Å². The number of amides is 1. The summed E-state index contributed by atoms with van der Waals surface area (Å²) in [4.78, 5) is 12.8. The molecule has 0 aliphatic carbocycles. The van der Waals surface area contributed by atoms with Crippen LogP contribution in [-0.4, -0.2) is 30.7 Å². The molecule has 70 valence electrons. The van der Waals surface area contributed by atoms with Gasteiger partial charge in [-0.25, -0.2) is 4.79 Å². The molecule has 0 saturated carbocycles. The topological polar surface area (TPSA) is 29.5 Å². The first kappa shape index (κ1) is 11.0. The van der Waals surface area contributed by atoms with E-state index in [4.69, 9.17) is 4.74 Å². The predicted octanol–water partition coefficient (Wildman–Crippen LogP) is 2.04. The Kier molecular flexibility index (Phi) is 6.15. The third kappa shape index (κ3) is 4.01. The molecule has 0 aromatic rings. The Morgan fingerprint density at radius 2 is 2.00 bits per heavy atom. The average molecular weight is 171 g/mol. The molecule has 3 heteroatoms. The van der Waals surface area contributed by atoms with E-state index >= 15 is 0 Å². The summed E-state index contributed by atoms with van der Waals surface area (Å²) in [5.41, 5.74) is 0. The van der Waals surface area contributed by atoms with E-state index in [-0.39, 0.29) is 6.09 Å². The predicted molar refractivity (Wildman–Crippen MR) is 49.1 cm³/mol. The standard InChI is InChI=1S/C9H17NO2/c1-4-7-8-12-9(11)10(5-2)6-3/h4,7H,5-6,8H2,1-3H3. The van der Waals surface area contributed by atoms with Crippen LogP contribution in [0.5, 0.6) is 0 Å². The maximum atomic E-state index is 11.1. The van der Waals surface area contributed by atoms with Gasteiger partial charge in [-0.05, 0) is 20.8 Å². The molecule has 12 heavy (non-hydrogen) atoms. The lowest BCUT2D eigenvalue weighted by atomic mass is 10.5. The van der Waals surface area contributed by atoms with Crippen LogP contribution in [0.1, 0.15) is 20.8 Å². The fourth-order valence-electron chi connectivity index (χ4n) is 0.789. The van der Waals surface area contributed by atoms with Gasteiger partial charge in [-0.1, -0.05) is 12.2 Å². The van der Waals surface area contributed by atoms with Crippen molar-refractivity contribution in [1.82, 2.24) is 4.90 Å². The van der Waals surface area contributed by atoms with Crippen LogP contribution in [0.3, 0.4) is 0 Å². The molecule has 0 rings (SSSR count). The Hall–Kier alpha value is -0.990. The highest BCUT2D eigenvalue weighted by molar-refractivity contribution is 5.67. The second-order valence-corrected chi connectivity index (χ2v) is 2.32. The van der Waals surface area contributed by atoms with Gasteiger partial charge in [0.1, 0.15) is 6.61 Å². The molecule has 0 spiro atoms. The van der Waals surface area contributed by atoms with Gasteiger partial charge in [0, 0.05) is 13.1 Å². The highest BCUT2D eigenvalue weighted by Gasteiger charge is 2.08. The van der Waals surface area contributed by atoms with Crippen LogP contribution in [0.2, 0.25) is 0 Å². The Balaban J connectivity index is 3.69. The number of carbonyl (C=O) groups excluding carboxylic acids is 1. The molecule has 0 aromatic heterocycles. The van der Waals surface area contributed by atoms with Crippen molar-refractivity contribution in [2.45, 2.75) is 20.8 Å². The van der Waals surface area contributed by atoms with Gasteiger partial charge < -0.3 is 9.64 Å². The van der Waals surface area contributed by atoms with Crippen molar-refractivity contribution in [1.29, 1.82) is 0 Å². The number of nitrogens with zero attached hydrogens (tertiary/aromatic N) is 1. The van der Waals surface area contributed by atoms with E-state index < -0.39 is 0 Å². The van der Waals surface area contributed by atoms with Crippen LogP contribution in [0.15, 0.2) is 12.2 Å². The molecule has 1 amide bonds. The van der Waals surface area contributed by atoms with Gasteiger partial charge in [-0.15, -0.1) is 0 Å². The highest BCUT2D eigenvalue weighted by atomic mass is 16.6. The van der Waals surface area contributed by atoms with Crippen molar-refractivity contribution in [2.75, 3.05) is 19.7 Å². The van der Waals surface area contributed by atoms with E-state index in [0.29, 0.717) is 19.7 Å². The zero-order chi connectivity index (χ0) is 9.40. The lowest BCUT2D eigenvalue weighted by molar-refractivity contribution is 0.116. The molecular weight excluding hydrogens is 154 g/mol. The van der Waals surface area contributed by atoms with E-state index in [1.165, 1.54) is 0 Å². The van der Waals surface area contributed by atoms with Gasteiger partial charge in [-0.3, -0.25) is 0 Å². The summed E-state index contributed by atoms with van der Waals surface area (Å²) in [7, 11) is 0. The number of hydrogen-bond acceptors (Lipinski definition) is 2. The molecular formula is C9H17NO2. The lowest BCUT2D eigenvalue weighted by Crippen LogP contribution is -2.31. The molecule has 0 atom stereocenters. The molecule has 0 fully saturated rings. The van der Waals surface area contributed by atoms with Crippen LogP contribution < -0.4 is 0 Å². The number of hydrogen-bond donors (Lipinski definition) is 0. The monoisotopic (exact) mass is 171 g/mol. The van der Waals surface area contributed by atoms with Crippen molar-refractivity contribution in [3.8, 4) is 0 Å². The minimum atomic E-state index is -0.238. The number of rotatable bonds is 4. The summed E-state index contributed by atoms with van der Waals surface area (Å²) in [6.07, 6.45) is 3.43. The first-order chi connectivity index (χ1) is 5.76. The molecule has 3 nitrogen and oxygen atoms in total. The molecule has 0 heterocycles. The first-order valence-electron chi connectivity index (χ1n) is 4.29. The third-order valence-electron chi connectivity index (χ3n) is 1.56. The molecule has 0 unspecified atom stereocenters. The third-order valence-corrected chi connectivity index (χ3v) is 1.56. The van der Waals surface area contributed by atoms with E-state index in [1.807, 2.05) is 26.8 Å². The molecule has 0 saturated heterocycles. The van der Waals surface area contributed by atoms with Crippen molar-refractivity contribution in [3.63, 3.8) is 0 Å². The zero-order valence-electron chi connectivity index (χ0n) is 8.04. The molecule has 0 aliphatic heterocycles. The second-order valence-electron chi connectivity index (χ2n) is 2.32. The van der Waals surface area contributed by atoms with Crippen molar-refractivity contribution < 1.29 is 9.53 Å². The van der Waals surface area contributed by atoms with E-state index in [0.717, 1.165) is 0 Å². The van der Waals surface area contributed by atoms with E-state index in [9.17, 15) is 4.79 Å². The van der Waals surface area contributed by atoms with Gasteiger partial charge in [-0.2, -0.15) is 0 Å². The van der Waals surface area contributed by atoms with Crippen molar-refractivity contribution in [2.24, 2.45) is 0 Å². The number of carbonyl (C=O) groups is 1. The van der Waals surface area contributed by atoms with Crippen LogP contribution in [0.4, 0.5) is 4.79 Å². The normalized spacial score (nSPS) is 10.2. The summed E-state index contributed by atoms with van der Waals surface area (Å²) in [5, 5.41) is 0. The van der Waals surface area contributed by atoms with Gasteiger partial charge in [0.15, 0.2) is 0 Å². The van der Waals surface area contributed by atoms with Gasteiger partial charge >= 0.3 is 6.09 Å². The minimum Gasteiger partial charge on any atom is -0.445 e. The van der Waals surface area contributed by atoms with Crippen LogP contribution in [0, 0.1) is 0 Å². The molecule has 0 radical (unpaired) electrons. The lowest BCUT2D eigenvalue weighted by Gasteiger charge is -2.17. The smallest absolute Gasteiger partial charge is 0.410 e. The van der Waals surface area contributed by atoms with Gasteiger partial charge in [0.25, 0.3) is 0 Å². The summed E-state index contributed by atoms with van der Waals surface area (Å²) in [5.74, 6) is 0. The first-order valence-corrected chi connectivity index (χ1v) is 4.29. The Bertz CT molecular complexity index is 151. The Labute approximate surface area is 74.0 Å². The van der Waals surface area contributed by atoms with E-state index in [2.05, 4.69) is 0 Å². The minimum absolute atomic E-state index is 0.238. The largest absolute Gasteiger partial charge is 0.445 e.